The lowest BCUT2D eigenvalue weighted by Gasteiger charge is -2.24. The third-order valence-electron chi connectivity index (χ3n) is 3.06. The number of fused-ring (bicyclic) bond motifs is 1. The lowest BCUT2D eigenvalue weighted by molar-refractivity contribution is 0.422. The molecule has 2 heterocycles. The van der Waals surface area contributed by atoms with E-state index in [-0.39, 0.29) is 0 Å². The highest BCUT2D eigenvalue weighted by Crippen LogP contribution is 2.39. The largest absolute Gasteiger partial charge is 0.360 e. The van der Waals surface area contributed by atoms with Crippen molar-refractivity contribution in [1.29, 1.82) is 0 Å². The lowest BCUT2D eigenvalue weighted by Crippen LogP contribution is -2.08. The molecule has 1 N–H and O–H groups in total. The maximum atomic E-state index is 5.89. The number of aromatic nitrogens is 2. The fourth-order valence-corrected chi connectivity index (χ4v) is 2.17. The number of rotatable bonds is 1. The Balaban J connectivity index is 2.18. The molecule has 0 aromatic carbocycles. The van der Waals surface area contributed by atoms with Crippen LogP contribution >= 0.6 is 11.6 Å². The first-order chi connectivity index (χ1) is 6.84. The van der Waals surface area contributed by atoms with E-state index in [1.165, 1.54) is 24.8 Å². The van der Waals surface area contributed by atoms with Gasteiger partial charge in [-0.15, -0.1) is 0 Å². The van der Waals surface area contributed by atoms with Crippen LogP contribution in [0.25, 0.3) is 11.0 Å². The van der Waals surface area contributed by atoms with E-state index in [9.17, 15) is 0 Å². The summed E-state index contributed by atoms with van der Waals surface area (Å²) in [6.07, 6.45) is 6.01. The van der Waals surface area contributed by atoms with E-state index in [2.05, 4.69) is 16.2 Å². The van der Waals surface area contributed by atoms with Crippen LogP contribution in [0.1, 0.15) is 30.7 Å². The molecule has 0 aliphatic heterocycles. The van der Waals surface area contributed by atoms with E-state index < -0.39 is 0 Å². The first-order valence-corrected chi connectivity index (χ1v) is 5.36. The quantitative estimate of drug-likeness (QED) is 0.711. The molecule has 3 rings (SSSR count). The second kappa shape index (κ2) is 2.99. The number of nitrogens with one attached hydrogen (secondary N) is 1. The number of hydrogen-bond acceptors (Lipinski definition) is 1. The number of H-pyrrole nitrogens is 1. The Bertz CT molecular complexity index is 471. The Labute approximate surface area is 87.3 Å². The van der Waals surface area contributed by atoms with Crippen molar-refractivity contribution in [2.75, 3.05) is 0 Å². The molecule has 3 heteroatoms. The van der Waals surface area contributed by atoms with Crippen LogP contribution in [-0.4, -0.2) is 9.97 Å². The van der Waals surface area contributed by atoms with Crippen molar-refractivity contribution < 1.29 is 0 Å². The molecule has 1 saturated carbocycles. The van der Waals surface area contributed by atoms with Crippen LogP contribution in [0.2, 0.25) is 5.15 Å². The highest BCUT2D eigenvalue weighted by atomic mass is 35.5. The van der Waals surface area contributed by atoms with Crippen LogP contribution in [0, 0.1) is 0 Å². The smallest absolute Gasteiger partial charge is 0.129 e. The van der Waals surface area contributed by atoms with Gasteiger partial charge in [-0.1, -0.05) is 18.0 Å². The fourth-order valence-electron chi connectivity index (χ4n) is 2.03. The average molecular weight is 207 g/mol. The minimum absolute atomic E-state index is 0.581. The van der Waals surface area contributed by atoms with Gasteiger partial charge in [0.25, 0.3) is 0 Å². The molecular formula is C11H11ClN2. The summed E-state index contributed by atoms with van der Waals surface area (Å²) < 4.78 is 0. The van der Waals surface area contributed by atoms with Crippen LogP contribution in [0.4, 0.5) is 0 Å². The summed E-state index contributed by atoms with van der Waals surface area (Å²) in [4.78, 5) is 7.62. The van der Waals surface area contributed by atoms with E-state index in [0.29, 0.717) is 11.1 Å². The van der Waals surface area contributed by atoms with Gasteiger partial charge in [-0.2, -0.15) is 0 Å². The summed E-state index contributed by atoms with van der Waals surface area (Å²) in [5.41, 5.74) is 3.49. The monoisotopic (exact) mass is 206 g/mol. The molecule has 2 aromatic rings. The number of aromatic amines is 1. The summed E-state index contributed by atoms with van der Waals surface area (Å²) in [7, 11) is 0. The van der Waals surface area contributed by atoms with Crippen LogP contribution in [0.15, 0.2) is 18.3 Å². The maximum absolute atomic E-state index is 5.89. The van der Waals surface area contributed by atoms with Crippen molar-refractivity contribution in [2.45, 2.75) is 25.2 Å². The summed E-state index contributed by atoms with van der Waals surface area (Å²) in [5, 5.41) is 0.581. The number of halogens is 1. The zero-order chi connectivity index (χ0) is 9.54. The molecule has 0 spiro atoms. The molecule has 2 aromatic heterocycles. The Morgan fingerprint density at radius 2 is 2.21 bits per heavy atom. The van der Waals surface area contributed by atoms with Gasteiger partial charge in [0, 0.05) is 6.20 Å². The topological polar surface area (TPSA) is 28.7 Å². The van der Waals surface area contributed by atoms with Crippen LogP contribution < -0.4 is 0 Å². The zero-order valence-electron chi connectivity index (χ0n) is 7.76. The normalized spacial score (nSPS) is 17.2. The molecule has 0 radical (unpaired) electrons. The average Bonchev–Trinajstić information content (AvgIpc) is 2.46. The van der Waals surface area contributed by atoms with Crippen molar-refractivity contribution in [1.82, 2.24) is 9.97 Å². The number of pyridine rings is 1. The summed E-state index contributed by atoms with van der Waals surface area (Å²) >= 11 is 5.89. The van der Waals surface area contributed by atoms with Gasteiger partial charge in [0.15, 0.2) is 0 Å². The van der Waals surface area contributed by atoms with E-state index >= 15 is 0 Å². The molecule has 0 unspecified atom stereocenters. The summed E-state index contributed by atoms with van der Waals surface area (Å²) in [6.45, 7) is 0. The van der Waals surface area contributed by atoms with E-state index in [0.717, 1.165) is 11.0 Å². The second-order valence-corrected chi connectivity index (χ2v) is 4.29. The van der Waals surface area contributed by atoms with E-state index in [4.69, 9.17) is 11.6 Å². The van der Waals surface area contributed by atoms with Crippen LogP contribution in [-0.2, 0) is 0 Å². The predicted molar refractivity (Wildman–Crippen MR) is 57.7 cm³/mol. The lowest BCUT2D eigenvalue weighted by atomic mass is 9.81. The molecule has 0 amide bonds. The van der Waals surface area contributed by atoms with Crippen molar-refractivity contribution in [3.8, 4) is 0 Å². The fraction of sp³-hybridized carbons (Fsp3) is 0.364. The molecule has 1 fully saturated rings. The predicted octanol–water partition coefficient (Wildman–Crippen LogP) is 3.48. The van der Waals surface area contributed by atoms with Crippen LogP contribution in [0.5, 0.6) is 0 Å². The van der Waals surface area contributed by atoms with E-state index in [1.54, 1.807) is 0 Å². The third kappa shape index (κ3) is 1.14. The van der Waals surface area contributed by atoms with Gasteiger partial charge in [-0.3, -0.25) is 0 Å². The molecule has 0 bridgehead atoms. The van der Waals surface area contributed by atoms with Crippen molar-refractivity contribution in [2.24, 2.45) is 0 Å². The Hall–Kier alpha value is -1.02. The van der Waals surface area contributed by atoms with Gasteiger partial charge in [0.1, 0.15) is 5.15 Å². The molecule has 0 saturated heterocycles. The van der Waals surface area contributed by atoms with Crippen molar-refractivity contribution in [3.05, 3.63) is 29.0 Å². The molecule has 2 nitrogen and oxygen atoms in total. The number of hydrogen-bond donors (Lipinski definition) is 1. The molecule has 14 heavy (non-hydrogen) atoms. The van der Waals surface area contributed by atoms with E-state index in [1.807, 2.05) is 12.1 Å². The molecular weight excluding hydrogens is 196 g/mol. The SMILES string of the molecule is Clc1ccc2[nH]cc(C3CCC3)c2n1. The Morgan fingerprint density at radius 1 is 1.36 bits per heavy atom. The van der Waals surface area contributed by atoms with Gasteiger partial charge in [-0.25, -0.2) is 4.98 Å². The zero-order valence-corrected chi connectivity index (χ0v) is 8.51. The van der Waals surface area contributed by atoms with Crippen LogP contribution in [0.3, 0.4) is 0 Å². The molecule has 72 valence electrons. The second-order valence-electron chi connectivity index (χ2n) is 3.90. The summed E-state index contributed by atoms with van der Waals surface area (Å²) in [5.74, 6) is 0.703. The minimum Gasteiger partial charge on any atom is -0.360 e. The highest BCUT2D eigenvalue weighted by molar-refractivity contribution is 6.29. The van der Waals surface area contributed by atoms with Gasteiger partial charge < -0.3 is 4.98 Å². The summed E-state index contributed by atoms with van der Waals surface area (Å²) in [6, 6.07) is 3.82. The third-order valence-corrected chi connectivity index (χ3v) is 3.27. The van der Waals surface area contributed by atoms with Gasteiger partial charge >= 0.3 is 0 Å². The number of nitrogens with zero attached hydrogens (tertiary/aromatic N) is 1. The first kappa shape index (κ1) is 8.30. The first-order valence-electron chi connectivity index (χ1n) is 4.98. The minimum atomic E-state index is 0.581. The molecule has 0 atom stereocenters. The maximum Gasteiger partial charge on any atom is 0.129 e. The van der Waals surface area contributed by atoms with Gasteiger partial charge in [0.2, 0.25) is 0 Å². The Morgan fingerprint density at radius 3 is 2.93 bits per heavy atom. The van der Waals surface area contributed by atoms with Gasteiger partial charge in [0.05, 0.1) is 11.0 Å². The molecule has 1 aliphatic rings. The molecule has 1 aliphatic carbocycles. The standard InChI is InChI=1S/C11H11ClN2/c12-10-5-4-9-11(14-10)8(6-13-9)7-2-1-3-7/h4-7,13H,1-3H2. The van der Waals surface area contributed by atoms with Crippen molar-refractivity contribution >= 4 is 22.6 Å². The highest BCUT2D eigenvalue weighted by Gasteiger charge is 2.22. The van der Waals surface area contributed by atoms with Gasteiger partial charge in [-0.05, 0) is 36.5 Å². The van der Waals surface area contributed by atoms with Crippen molar-refractivity contribution in [3.63, 3.8) is 0 Å². The Kier molecular flexibility index (Phi) is 1.77.